The number of likely N-dealkylation sites (tertiary alicyclic amines) is 2. The van der Waals surface area contributed by atoms with Gasteiger partial charge in [0.15, 0.2) is 0 Å². The molecular weight excluding hydrogens is 328 g/mol. The Kier molecular flexibility index (Phi) is 3.68. The summed E-state index contributed by atoms with van der Waals surface area (Å²) >= 11 is 5.92. The Morgan fingerprint density at radius 1 is 1.04 bits per heavy atom. The maximum absolute atomic E-state index is 12.5. The maximum Gasteiger partial charge on any atom is 0.254 e. The Morgan fingerprint density at radius 2 is 1.67 bits per heavy atom. The number of imide groups is 1. The van der Waals surface area contributed by atoms with Crippen molar-refractivity contribution in [2.75, 3.05) is 13.1 Å². The van der Waals surface area contributed by atoms with Crippen molar-refractivity contribution in [3.63, 3.8) is 0 Å². The van der Waals surface area contributed by atoms with E-state index in [1.165, 1.54) is 4.90 Å². The van der Waals surface area contributed by atoms with Crippen molar-refractivity contribution in [2.45, 2.75) is 18.9 Å². The number of carbonyl (C=O) groups excluding carboxylic acids is 3. The molecule has 2 fully saturated rings. The molecule has 0 aromatic heterocycles. The first-order valence-corrected chi connectivity index (χ1v) is 8.51. The molecule has 0 spiro atoms. The van der Waals surface area contributed by atoms with E-state index in [1.54, 1.807) is 29.2 Å². The number of fused-ring (bicyclic) bond motifs is 1. The SMILES string of the molecule is O=C(c1cccc(Cl)c1)N1CC(N2C(=O)[C@H]3CC=CC[C@H]3C2=O)C1. The number of allylic oxidation sites excluding steroid dienone is 2. The zero-order valence-corrected chi connectivity index (χ0v) is 13.8. The van der Waals surface area contributed by atoms with Gasteiger partial charge in [0.05, 0.1) is 17.9 Å². The molecule has 5 nitrogen and oxygen atoms in total. The summed E-state index contributed by atoms with van der Waals surface area (Å²) in [7, 11) is 0. The van der Waals surface area contributed by atoms with Crippen molar-refractivity contribution >= 4 is 29.3 Å². The largest absolute Gasteiger partial charge is 0.334 e. The predicted molar refractivity (Wildman–Crippen MR) is 88.4 cm³/mol. The monoisotopic (exact) mass is 344 g/mol. The lowest BCUT2D eigenvalue weighted by Gasteiger charge is -2.43. The van der Waals surface area contributed by atoms with Crippen molar-refractivity contribution in [2.24, 2.45) is 11.8 Å². The van der Waals surface area contributed by atoms with Gasteiger partial charge in [-0.2, -0.15) is 0 Å². The minimum atomic E-state index is -0.208. The van der Waals surface area contributed by atoms with Gasteiger partial charge in [-0.1, -0.05) is 29.8 Å². The van der Waals surface area contributed by atoms with Gasteiger partial charge < -0.3 is 4.90 Å². The van der Waals surface area contributed by atoms with E-state index < -0.39 is 0 Å². The number of halogens is 1. The first-order valence-electron chi connectivity index (χ1n) is 8.13. The number of hydrogen-bond donors (Lipinski definition) is 0. The summed E-state index contributed by atoms with van der Waals surface area (Å²) in [5.74, 6) is -0.685. The fourth-order valence-corrected chi connectivity index (χ4v) is 3.96. The molecule has 1 aromatic carbocycles. The highest BCUT2D eigenvalue weighted by Crippen LogP contribution is 2.37. The van der Waals surface area contributed by atoms with E-state index in [2.05, 4.69) is 0 Å². The Balaban J connectivity index is 1.43. The molecule has 0 N–H and O–H groups in total. The minimum absolute atomic E-state index is 0.0748. The highest BCUT2D eigenvalue weighted by Gasteiger charge is 2.52. The molecule has 1 aromatic rings. The lowest BCUT2D eigenvalue weighted by Crippen LogP contribution is -2.62. The molecule has 3 amide bonds. The Morgan fingerprint density at radius 3 is 2.25 bits per heavy atom. The van der Waals surface area contributed by atoms with E-state index >= 15 is 0 Å². The van der Waals surface area contributed by atoms with E-state index in [-0.39, 0.29) is 35.6 Å². The first kappa shape index (κ1) is 15.4. The number of carbonyl (C=O) groups is 3. The fraction of sp³-hybridized carbons (Fsp3) is 0.389. The topological polar surface area (TPSA) is 57.7 Å². The van der Waals surface area contributed by atoms with Gasteiger partial charge >= 0.3 is 0 Å². The van der Waals surface area contributed by atoms with E-state index in [0.29, 0.717) is 36.5 Å². The zero-order chi connectivity index (χ0) is 16.8. The molecule has 0 bridgehead atoms. The minimum Gasteiger partial charge on any atom is -0.334 e. The lowest BCUT2D eigenvalue weighted by molar-refractivity contribution is -0.145. The van der Waals surface area contributed by atoms with Crippen LogP contribution in [0.1, 0.15) is 23.2 Å². The smallest absolute Gasteiger partial charge is 0.254 e. The quantitative estimate of drug-likeness (QED) is 0.610. The predicted octanol–water partition coefficient (Wildman–Crippen LogP) is 2.12. The Bertz CT molecular complexity index is 728. The van der Waals surface area contributed by atoms with Gasteiger partial charge in [-0.05, 0) is 31.0 Å². The van der Waals surface area contributed by atoms with Crippen molar-refractivity contribution < 1.29 is 14.4 Å². The summed E-state index contributed by atoms with van der Waals surface area (Å²) in [6.07, 6.45) is 5.24. The van der Waals surface area contributed by atoms with Crippen LogP contribution in [0.15, 0.2) is 36.4 Å². The van der Waals surface area contributed by atoms with Crippen LogP contribution in [-0.2, 0) is 9.59 Å². The number of benzene rings is 1. The molecular formula is C18H17ClN2O3. The number of amides is 3. The molecule has 0 radical (unpaired) electrons. The number of nitrogens with zero attached hydrogens (tertiary/aromatic N) is 2. The fourth-order valence-electron chi connectivity index (χ4n) is 3.77. The third-order valence-electron chi connectivity index (χ3n) is 5.13. The lowest BCUT2D eigenvalue weighted by atomic mass is 9.85. The molecule has 0 saturated carbocycles. The van der Waals surface area contributed by atoms with E-state index in [0.717, 1.165) is 0 Å². The van der Waals surface area contributed by atoms with Crippen LogP contribution in [0, 0.1) is 11.8 Å². The number of rotatable bonds is 2. The van der Waals surface area contributed by atoms with Gasteiger partial charge in [0, 0.05) is 23.7 Å². The summed E-state index contributed by atoms with van der Waals surface area (Å²) in [4.78, 5) is 40.5. The summed E-state index contributed by atoms with van der Waals surface area (Å²) in [6.45, 7) is 0.797. The first-order chi connectivity index (χ1) is 11.6. The van der Waals surface area contributed by atoms with Crippen LogP contribution in [0.2, 0.25) is 5.02 Å². The molecule has 1 aliphatic carbocycles. The Labute approximate surface area is 144 Å². The molecule has 3 aliphatic rings. The van der Waals surface area contributed by atoms with Crippen LogP contribution in [0.25, 0.3) is 0 Å². The third-order valence-corrected chi connectivity index (χ3v) is 5.36. The second kappa shape index (κ2) is 5.74. The van der Waals surface area contributed by atoms with E-state index in [1.807, 2.05) is 12.2 Å². The maximum atomic E-state index is 12.5. The molecule has 0 unspecified atom stereocenters. The molecule has 2 saturated heterocycles. The van der Waals surface area contributed by atoms with E-state index in [4.69, 9.17) is 11.6 Å². The van der Waals surface area contributed by atoms with Crippen LogP contribution < -0.4 is 0 Å². The van der Waals surface area contributed by atoms with Crippen molar-refractivity contribution in [1.29, 1.82) is 0 Å². The Hall–Kier alpha value is -2.14. The van der Waals surface area contributed by atoms with Gasteiger partial charge in [-0.25, -0.2) is 0 Å². The van der Waals surface area contributed by atoms with Gasteiger partial charge in [0.1, 0.15) is 0 Å². The average Bonchev–Trinajstić information content (AvgIpc) is 2.79. The molecule has 6 heteroatoms. The normalized spacial score (nSPS) is 26.5. The van der Waals surface area contributed by atoms with Crippen LogP contribution in [0.3, 0.4) is 0 Å². The van der Waals surface area contributed by atoms with E-state index in [9.17, 15) is 14.4 Å². The standard InChI is InChI=1S/C18H17ClN2O3/c19-12-5-3-4-11(8-12)16(22)20-9-13(10-20)21-17(23)14-6-1-2-7-15(14)18(21)24/h1-5,8,13-15H,6-7,9-10H2/t14-,15+. The number of hydrogen-bond acceptors (Lipinski definition) is 3. The van der Waals surface area contributed by atoms with Crippen LogP contribution in [-0.4, -0.2) is 46.7 Å². The van der Waals surface area contributed by atoms with Crippen molar-refractivity contribution in [1.82, 2.24) is 9.80 Å². The van der Waals surface area contributed by atoms with Crippen LogP contribution in [0.4, 0.5) is 0 Å². The van der Waals surface area contributed by atoms with Gasteiger partial charge in [0.2, 0.25) is 11.8 Å². The second-order valence-corrected chi connectivity index (χ2v) is 7.01. The van der Waals surface area contributed by atoms with Crippen LogP contribution >= 0.6 is 11.6 Å². The average molecular weight is 345 g/mol. The third kappa shape index (κ3) is 2.35. The molecule has 24 heavy (non-hydrogen) atoms. The van der Waals surface area contributed by atoms with Crippen molar-refractivity contribution in [3.8, 4) is 0 Å². The highest BCUT2D eigenvalue weighted by atomic mass is 35.5. The van der Waals surface area contributed by atoms with Crippen LogP contribution in [0.5, 0.6) is 0 Å². The zero-order valence-electron chi connectivity index (χ0n) is 13.0. The highest BCUT2D eigenvalue weighted by molar-refractivity contribution is 6.31. The molecule has 2 heterocycles. The molecule has 2 aliphatic heterocycles. The molecule has 4 rings (SSSR count). The summed E-state index contributed by atoms with van der Waals surface area (Å²) < 4.78 is 0. The van der Waals surface area contributed by atoms with Gasteiger partial charge in [-0.15, -0.1) is 0 Å². The van der Waals surface area contributed by atoms with Gasteiger partial charge in [0.25, 0.3) is 5.91 Å². The summed E-state index contributed by atoms with van der Waals surface area (Å²) in [6, 6.07) is 6.60. The molecule has 124 valence electrons. The van der Waals surface area contributed by atoms with Crippen molar-refractivity contribution in [3.05, 3.63) is 47.0 Å². The van der Waals surface area contributed by atoms with Gasteiger partial charge in [-0.3, -0.25) is 19.3 Å². The molecule has 2 atom stereocenters. The summed E-state index contributed by atoms with van der Waals surface area (Å²) in [5.41, 5.74) is 0.526. The summed E-state index contributed by atoms with van der Waals surface area (Å²) in [5, 5.41) is 0.513. The second-order valence-electron chi connectivity index (χ2n) is 6.58.